The Hall–Kier alpha value is -3.28. The molecule has 4 aromatic carbocycles. The van der Waals surface area contributed by atoms with Crippen LogP contribution in [0.25, 0.3) is 33.4 Å². The molecule has 4 nitrogen and oxygen atoms in total. The predicted molar refractivity (Wildman–Crippen MR) is 217 cm³/mol. The van der Waals surface area contributed by atoms with Gasteiger partial charge in [-0.1, -0.05) is 102 Å². The molecule has 0 saturated heterocycles. The first-order valence-corrected chi connectivity index (χ1v) is 19.5. The molecule has 4 heteroatoms. The highest BCUT2D eigenvalue weighted by Crippen LogP contribution is 2.57. The van der Waals surface area contributed by atoms with Gasteiger partial charge >= 0.3 is 0 Å². The first-order valence-electron chi connectivity index (χ1n) is 19.5. The summed E-state index contributed by atoms with van der Waals surface area (Å²) in [5, 5.41) is 0. The predicted octanol–water partition coefficient (Wildman–Crippen LogP) is 11.4. The largest absolute Gasteiger partial charge is 0.385 e. The number of rotatable bonds is 17. The molecule has 0 fully saturated rings. The van der Waals surface area contributed by atoms with Gasteiger partial charge in [0.15, 0.2) is 0 Å². The Balaban J connectivity index is 1.53. The number of fused-ring (bicyclic) bond motifs is 6. The van der Waals surface area contributed by atoms with Crippen LogP contribution in [0, 0.1) is 0 Å². The van der Waals surface area contributed by atoms with Gasteiger partial charge in [0.25, 0.3) is 0 Å². The molecular weight excluding hydrogens is 641 g/mol. The molecule has 0 unspecified atom stereocenters. The van der Waals surface area contributed by atoms with Gasteiger partial charge in [0.1, 0.15) is 0 Å². The minimum absolute atomic E-state index is 0.0936. The summed E-state index contributed by atoms with van der Waals surface area (Å²) < 4.78 is 23.3. The molecule has 4 aromatic rings. The van der Waals surface area contributed by atoms with Crippen LogP contribution in [0.5, 0.6) is 0 Å². The van der Waals surface area contributed by atoms with Gasteiger partial charge in [-0.25, -0.2) is 0 Å². The van der Waals surface area contributed by atoms with Gasteiger partial charge in [0, 0.05) is 65.7 Å². The summed E-state index contributed by atoms with van der Waals surface area (Å²) in [6.07, 6.45) is 5.78. The summed E-state index contributed by atoms with van der Waals surface area (Å²) in [5.74, 6) is 0. The first kappa shape index (κ1) is 38.4. The fourth-order valence-corrected chi connectivity index (χ4v) is 9.03. The van der Waals surface area contributed by atoms with Crippen LogP contribution in [0.4, 0.5) is 0 Å². The monoisotopic (exact) mass is 702 g/mol. The van der Waals surface area contributed by atoms with E-state index in [1.165, 1.54) is 66.8 Å². The molecular formula is C48H62O4. The molecule has 278 valence electrons. The zero-order valence-corrected chi connectivity index (χ0v) is 33.6. The minimum Gasteiger partial charge on any atom is -0.385 e. The van der Waals surface area contributed by atoms with Crippen molar-refractivity contribution in [3.63, 3.8) is 0 Å². The molecule has 6 rings (SSSR count). The van der Waals surface area contributed by atoms with Gasteiger partial charge in [-0.15, -0.1) is 0 Å². The SMILES string of the molecule is CCC(C)(C)c1ccc2c(c1)C(CCOC)(CCOC)c1cc(-c3ccc4c(c3)C(CCOC)(CCOC)c3cc(C(C)(C)CC)ccc3-4)ccc1-2. The molecule has 0 atom stereocenters. The van der Waals surface area contributed by atoms with Gasteiger partial charge in [-0.3, -0.25) is 0 Å². The fourth-order valence-electron chi connectivity index (χ4n) is 9.03. The van der Waals surface area contributed by atoms with E-state index in [4.69, 9.17) is 18.9 Å². The Kier molecular flexibility index (Phi) is 11.3. The third-order valence-electron chi connectivity index (χ3n) is 13.3. The second-order valence-electron chi connectivity index (χ2n) is 16.7. The molecule has 0 heterocycles. The minimum atomic E-state index is -0.206. The van der Waals surface area contributed by atoms with Crippen molar-refractivity contribution in [1.82, 2.24) is 0 Å². The van der Waals surface area contributed by atoms with Crippen LogP contribution in [0.15, 0.2) is 72.8 Å². The lowest BCUT2D eigenvalue weighted by Crippen LogP contribution is -2.30. The standard InChI is InChI=1S/C48H62O4/c1-11-45(3,4)35-15-19-39-37-17-13-33(29-41(37)47(21-25-49-7,22-26-50-8)43(39)31-35)34-14-18-38-40-20-16-36(46(5,6)12-2)32-44(40)48(23-27-51-9,24-28-52-10)42(38)30-34/h13-20,29-32H,11-12,21-28H2,1-10H3. The highest BCUT2D eigenvalue weighted by atomic mass is 16.5. The average molecular weight is 703 g/mol. The average Bonchev–Trinajstić information content (AvgIpc) is 3.59. The summed E-state index contributed by atoms with van der Waals surface area (Å²) in [4.78, 5) is 0. The molecule has 0 bridgehead atoms. The summed E-state index contributed by atoms with van der Waals surface area (Å²) in [6.45, 7) is 16.7. The third kappa shape index (κ3) is 6.48. The van der Waals surface area contributed by atoms with Crippen molar-refractivity contribution in [2.45, 2.75) is 102 Å². The summed E-state index contributed by atoms with van der Waals surface area (Å²) in [5.41, 5.74) is 16.0. The summed E-state index contributed by atoms with van der Waals surface area (Å²) in [6, 6.07) is 28.9. The van der Waals surface area contributed by atoms with E-state index in [1.54, 1.807) is 0 Å². The van der Waals surface area contributed by atoms with E-state index >= 15 is 0 Å². The van der Waals surface area contributed by atoms with Crippen molar-refractivity contribution in [3.8, 4) is 33.4 Å². The van der Waals surface area contributed by atoms with Gasteiger partial charge in [-0.05, 0) is 128 Å². The summed E-state index contributed by atoms with van der Waals surface area (Å²) in [7, 11) is 7.29. The molecule has 0 aliphatic heterocycles. The third-order valence-corrected chi connectivity index (χ3v) is 13.3. The first-order chi connectivity index (χ1) is 25.0. The van der Waals surface area contributed by atoms with E-state index in [9.17, 15) is 0 Å². The molecule has 52 heavy (non-hydrogen) atoms. The highest BCUT2D eigenvalue weighted by molar-refractivity contribution is 5.87. The number of benzene rings is 4. The van der Waals surface area contributed by atoms with Crippen molar-refractivity contribution >= 4 is 0 Å². The van der Waals surface area contributed by atoms with Crippen LogP contribution < -0.4 is 0 Å². The van der Waals surface area contributed by atoms with Crippen molar-refractivity contribution in [3.05, 3.63) is 106 Å². The molecule has 0 saturated carbocycles. The van der Waals surface area contributed by atoms with E-state index in [-0.39, 0.29) is 21.7 Å². The molecule has 0 N–H and O–H groups in total. The Labute approximate surface area is 314 Å². The Morgan fingerprint density at radius 1 is 0.423 bits per heavy atom. The van der Waals surface area contributed by atoms with Crippen molar-refractivity contribution in [1.29, 1.82) is 0 Å². The fraction of sp³-hybridized carbons (Fsp3) is 0.500. The van der Waals surface area contributed by atoms with Crippen LogP contribution >= 0.6 is 0 Å². The zero-order chi connectivity index (χ0) is 37.3. The second kappa shape index (κ2) is 15.2. The molecule has 0 radical (unpaired) electrons. The Morgan fingerprint density at radius 3 is 1.00 bits per heavy atom. The lowest BCUT2D eigenvalue weighted by molar-refractivity contribution is 0.145. The molecule has 0 amide bonds. The van der Waals surface area contributed by atoms with Gasteiger partial charge in [-0.2, -0.15) is 0 Å². The van der Waals surface area contributed by atoms with E-state index in [1.807, 2.05) is 28.4 Å². The van der Waals surface area contributed by atoms with Crippen molar-refractivity contribution in [2.24, 2.45) is 0 Å². The van der Waals surface area contributed by atoms with Crippen LogP contribution in [0.3, 0.4) is 0 Å². The normalized spacial score (nSPS) is 15.3. The second-order valence-corrected chi connectivity index (χ2v) is 16.7. The van der Waals surface area contributed by atoms with Gasteiger partial charge < -0.3 is 18.9 Å². The van der Waals surface area contributed by atoms with E-state index in [0.717, 1.165) is 38.5 Å². The maximum absolute atomic E-state index is 5.82. The van der Waals surface area contributed by atoms with E-state index < -0.39 is 0 Å². The van der Waals surface area contributed by atoms with Crippen molar-refractivity contribution < 1.29 is 18.9 Å². The topological polar surface area (TPSA) is 36.9 Å². The van der Waals surface area contributed by atoms with E-state index in [0.29, 0.717) is 26.4 Å². The number of ether oxygens (including phenoxy) is 4. The maximum atomic E-state index is 5.82. The Morgan fingerprint density at radius 2 is 0.712 bits per heavy atom. The zero-order valence-electron chi connectivity index (χ0n) is 33.6. The smallest absolute Gasteiger partial charge is 0.0474 e. The lowest BCUT2D eigenvalue weighted by atomic mass is 9.70. The van der Waals surface area contributed by atoms with Crippen molar-refractivity contribution in [2.75, 3.05) is 54.9 Å². The number of hydrogen-bond acceptors (Lipinski definition) is 4. The van der Waals surface area contributed by atoms with Crippen LogP contribution in [0.2, 0.25) is 0 Å². The molecule has 0 spiro atoms. The maximum Gasteiger partial charge on any atom is 0.0474 e. The van der Waals surface area contributed by atoms with Crippen LogP contribution in [-0.2, 0) is 40.6 Å². The molecule has 0 aromatic heterocycles. The van der Waals surface area contributed by atoms with E-state index in [2.05, 4.69) is 114 Å². The highest BCUT2D eigenvalue weighted by Gasteiger charge is 2.45. The number of methoxy groups -OCH3 is 4. The van der Waals surface area contributed by atoms with Gasteiger partial charge in [0.05, 0.1) is 0 Å². The van der Waals surface area contributed by atoms with Crippen LogP contribution in [0.1, 0.15) is 113 Å². The Bertz CT molecular complexity index is 1730. The van der Waals surface area contributed by atoms with Crippen LogP contribution in [-0.4, -0.2) is 54.9 Å². The lowest BCUT2D eigenvalue weighted by Gasteiger charge is -2.34. The number of hydrogen-bond donors (Lipinski definition) is 0. The molecule has 2 aliphatic rings. The van der Waals surface area contributed by atoms with Gasteiger partial charge in [0.2, 0.25) is 0 Å². The summed E-state index contributed by atoms with van der Waals surface area (Å²) >= 11 is 0. The molecule has 2 aliphatic carbocycles. The quantitative estimate of drug-likeness (QED) is 0.110.